The quantitative estimate of drug-likeness (QED) is 0.478. The highest BCUT2D eigenvalue weighted by Gasteiger charge is 2.28. The molecule has 1 nitrogen and oxygen atoms in total. The van der Waals surface area contributed by atoms with Gasteiger partial charge in [-0.1, -0.05) is 66.4 Å². The Bertz CT molecular complexity index is 789. The lowest BCUT2D eigenvalue weighted by Gasteiger charge is -2.25. The largest absolute Gasteiger partial charge is 0.212 e. The van der Waals surface area contributed by atoms with E-state index >= 15 is 0 Å². The average Bonchev–Trinajstić information content (AvgIpc) is 2.44. The SMILES string of the molecule is Cc1cc(C(C)C)ccc1-c1cc([Si](C)(C)C)c(CC(C)(C)C)c[n+]1C. The zero-order valence-electron chi connectivity index (χ0n) is 18.6. The van der Waals surface area contributed by atoms with Gasteiger partial charge in [-0.25, -0.2) is 4.57 Å². The molecule has 26 heavy (non-hydrogen) atoms. The fourth-order valence-electron chi connectivity index (χ4n) is 3.72. The summed E-state index contributed by atoms with van der Waals surface area (Å²) in [5, 5.41) is 1.60. The molecule has 0 bridgehead atoms. The molecule has 0 radical (unpaired) electrons. The highest BCUT2D eigenvalue weighted by molar-refractivity contribution is 6.89. The van der Waals surface area contributed by atoms with E-state index in [0.29, 0.717) is 11.3 Å². The zero-order chi connectivity index (χ0) is 19.9. The lowest BCUT2D eigenvalue weighted by atomic mass is 9.88. The van der Waals surface area contributed by atoms with E-state index in [1.54, 1.807) is 5.19 Å². The number of rotatable bonds is 4. The Morgan fingerprint density at radius 1 is 1.04 bits per heavy atom. The van der Waals surface area contributed by atoms with Gasteiger partial charge in [-0.15, -0.1) is 0 Å². The molecule has 0 aliphatic carbocycles. The Labute approximate surface area is 162 Å². The molecule has 0 fully saturated rings. The van der Waals surface area contributed by atoms with Gasteiger partial charge in [-0.2, -0.15) is 0 Å². The molecule has 1 aromatic carbocycles. The van der Waals surface area contributed by atoms with Crippen LogP contribution in [0.25, 0.3) is 11.3 Å². The summed E-state index contributed by atoms with van der Waals surface area (Å²) in [6.07, 6.45) is 3.52. The van der Waals surface area contributed by atoms with Gasteiger partial charge in [0.1, 0.15) is 7.05 Å². The maximum absolute atomic E-state index is 2.49. The number of benzene rings is 1. The molecule has 2 aromatic rings. The van der Waals surface area contributed by atoms with Gasteiger partial charge in [0.15, 0.2) is 6.20 Å². The topological polar surface area (TPSA) is 3.88 Å². The third-order valence-electron chi connectivity index (χ3n) is 5.08. The van der Waals surface area contributed by atoms with Crippen LogP contribution in [0.4, 0.5) is 0 Å². The van der Waals surface area contributed by atoms with E-state index in [1.165, 1.54) is 27.9 Å². The molecule has 0 amide bonds. The lowest BCUT2D eigenvalue weighted by Crippen LogP contribution is -2.45. The summed E-state index contributed by atoms with van der Waals surface area (Å²) < 4.78 is 2.34. The van der Waals surface area contributed by atoms with E-state index in [2.05, 4.69) is 103 Å². The number of pyridine rings is 1. The minimum Gasteiger partial charge on any atom is -0.201 e. The Hall–Kier alpha value is -1.41. The van der Waals surface area contributed by atoms with Crippen molar-refractivity contribution in [1.29, 1.82) is 0 Å². The van der Waals surface area contributed by atoms with Crippen molar-refractivity contribution in [3.63, 3.8) is 0 Å². The monoisotopic (exact) mass is 368 g/mol. The van der Waals surface area contributed by atoms with Crippen LogP contribution in [0, 0.1) is 12.3 Å². The minimum absolute atomic E-state index is 0.303. The van der Waals surface area contributed by atoms with Crippen LogP contribution < -0.4 is 9.75 Å². The van der Waals surface area contributed by atoms with Crippen LogP contribution in [0.5, 0.6) is 0 Å². The van der Waals surface area contributed by atoms with Gasteiger partial charge >= 0.3 is 0 Å². The van der Waals surface area contributed by atoms with Crippen LogP contribution in [0.15, 0.2) is 30.5 Å². The molecule has 0 N–H and O–H groups in total. The normalized spacial score (nSPS) is 12.7. The number of hydrogen-bond donors (Lipinski definition) is 0. The molecule has 0 aliphatic rings. The number of aryl methyl sites for hydroxylation is 2. The molecule has 1 heterocycles. The van der Waals surface area contributed by atoms with Crippen molar-refractivity contribution >= 4 is 13.3 Å². The van der Waals surface area contributed by atoms with E-state index < -0.39 is 8.07 Å². The molecule has 2 heteroatoms. The van der Waals surface area contributed by atoms with Crippen molar-refractivity contribution in [1.82, 2.24) is 0 Å². The van der Waals surface area contributed by atoms with Crippen LogP contribution in [-0.2, 0) is 13.5 Å². The number of aromatic nitrogens is 1. The Kier molecular flexibility index (Phi) is 5.87. The first kappa shape index (κ1) is 20.9. The van der Waals surface area contributed by atoms with Crippen molar-refractivity contribution in [3.8, 4) is 11.3 Å². The summed E-state index contributed by atoms with van der Waals surface area (Å²) in [6.45, 7) is 21.2. The Morgan fingerprint density at radius 2 is 1.65 bits per heavy atom. The highest BCUT2D eigenvalue weighted by atomic mass is 28.3. The van der Waals surface area contributed by atoms with Crippen LogP contribution >= 0.6 is 0 Å². The van der Waals surface area contributed by atoms with E-state index in [0.717, 1.165) is 6.42 Å². The molecule has 2 rings (SSSR count). The maximum atomic E-state index is 2.49. The van der Waals surface area contributed by atoms with Crippen molar-refractivity contribution < 1.29 is 4.57 Å². The van der Waals surface area contributed by atoms with Crippen molar-refractivity contribution in [3.05, 3.63) is 47.2 Å². The lowest BCUT2D eigenvalue weighted by molar-refractivity contribution is -0.660. The summed E-state index contributed by atoms with van der Waals surface area (Å²) in [6, 6.07) is 9.46. The second-order valence-electron chi connectivity index (χ2n) is 10.4. The predicted octanol–water partition coefficient (Wildman–Crippen LogP) is 5.74. The summed E-state index contributed by atoms with van der Waals surface area (Å²) in [7, 11) is 0.775. The smallest absolute Gasteiger partial charge is 0.201 e. The third-order valence-corrected chi connectivity index (χ3v) is 7.16. The van der Waals surface area contributed by atoms with Crippen molar-refractivity contribution in [2.75, 3.05) is 0 Å². The fourth-order valence-corrected chi connectivity index (χ4v) is 5.40. The highest BCUT2D eigenvalue weighted by Crippen LogP contribution is 2.26. The molecular weight excluding hydrogens is 330 g/mol. The van der Waals surface area contributed by atoms with Crippen LogP contribution in [-0.4, -0.2) is 8.07 Å². The first-order chi connectivity index (χ1) is 11.8. The molecule has 0 saturated carbocycles. The van der Waals surface area contributed by atoms with Gasteiger partial charge < -0.3 is 0 Å². The van der Waals surface area contributed by atoms with Gasteiger partial charge in [-0.05, 0) is 47.1 Å². The van der Waals surface area contributed by atoms with Crippen LogP contribution in [0.2, 0.25) is 19.6 Å². The summed E-state index contributed by atoms with van der Waals surface area (Å²) in [4.78, 5) is 0. The van der Waals surface area contributed by atoms with Gasteiger partial charge in [0.2, 0.25) is 5.69 Å². The second-order valence-corrected chi connectivity index (χ2v) is 15.5. The standard InChI is InChI=1S/C24H38NSi/c1-17(2)19-11-12-21(18(3)13-19)22-14-23(26(8,9)10)20(16-25(22)7)15-24(4,5)6/h11-14,16-17H,15H2,1-10H3/q+1. The van der Waals surface area contributed by atoms with E-state index in [4.69, 9.17) is 0 Å². The average molecular weight is 369 g/mol. The van der Waals surface area contributed by atoms with Gasteiger partial charge in [0.25, 0.3) is 0 Å². The molecule has 0 spiro atoms. The molecule has 0 saturated heterocycles. The third kappa shape index (κ3) is 4.85. The van der Waals surface area contributed by atoms with E-state index in [1.807, 2.05) is 0 Å². The van der Waals surface area contributed by atoms with Crippen molar-refractivity contribution in [2.45, 2.75) is 73.5 Å². The van der Waals surface area contributed by atoms with Gasteiger partial charge in [-0.3, -0.25) is 0 Å². The summed E-state index contributed by atoms with van der Waals surface area (Å²) in [5.74, 6) is 0.572. The Morgan fingerprint density at radius 3 is 2.12 bits per heavy atom. The molecular formula is C24H38NSi+. The second kappa shape index (κ2) is 7.30. The first-order valence-electron chi connectivity index (χ1n) is 9.93. The first-order valence-corrected chi connectivity index (χ1v) is 13.4. The zero-order valence-corrected chi connectivity index (χ0v) is 19.6. The molecule has 1 aromatic heterocycles. The number of nitrogens with zero attached hydrogens (tertiary/aromatic N) is 1. The summed E-state index contributed by atoms with van der Waals surface area (Å²) in [5.41, 5.74) is 7.32. The Balaban J connectivity index is 2.64. The molecule has 0 aliphatic heterocycles. The molecule has 0 atom stereocenters. The molecule has 0 unspecified atom stereocenters. The van der Waals surface area contributed by atoms with Gasteiger partial charge in [0, 0.05) is 17.2 Å². The maximum Gasteiger partial charge on any atom is 0.212 e. The molecule has 142 valence electrons. The van der Waals surface area contributed by atoms with Crippen LogP contribution in [0.3, 0.4) is 0 Å². The van der Waals surface area contributed by atoms with Crippen molar-refractivity contribution in [2.24, 2.45) is 12.5 Å². The summed E-state index contributed by atoms with van der Waals surface area (Å²) >= 11 is 0. The predicted molar refractivity (Wildman–Crippen MR) is 118 cm³/mol. The van der Waals surface area contributed by atoms with Crippen LogP contribution in [0.1, 0.15) is 57.2 Å². The van der Waals surface area contributed by atoms with E-state index in [-0.39, 0.29) is 0 Å². The van der Waals surface area contributed by atoms with Gasteiger partial charge in [0.05, 0.1) is 8.07 Å². The van der Waals surface area contributed by atoms with E-state index in [9.17, 15) is 0 Å². The minimum atomic E-state index is -1.42. The number of hydrogen-bond acceptors (Lipinski definition) is 0. The fraction of sp³-hybridized carbons (Fsp3) is 0.542.